The van der Waals surface area contributed by atoms with Gasteiger partial charge >= 0.3 is 6.18 Å². The van der Waals surface area contributed by atoms with Gasteiger partial charge in [0.1, 0.15) is 6.61 Å². The summed E-state index contributed by atoms with van der Waals surface area (Å²) >= 11 is 0. The first kappa shape index (κ1) is 14.9. The molecule has 1 heterocycles. The predicted octanol–water partition coefficient (Wildman–Crippen LogP) is 1.47. The molecular formula is C10H16F3N3O2. The Morgan fingerprint density at radius 1 is 1.22 bits per heavy atom. The predicted molar refractivity (Wildman–Crippen MR) is 56.9 cm³/mol. The van der Waals surface area contributed by atoms with Gasteiger partial charge in [-0.25, -0.2) is 0 Å². The van der Waals surface area contributed by atoms with Gasteiger partial charge in [0.05, 0.1) is 6.61 Å². The summed E-state index contributed by atoms with van der Waals surface area (Å²) in [7, 11) is 0. The van der Waals surface area contributed by atoms with Crippen LogP contribution in [0.4, 0.5) is 13.2 Å². The van der Waals surface area contributed by atoms with E-state index in [0.717, 1.165) is 12.8 Å². The van der Waals surface area contributed by atoms with Crippen molar-refractivity contribution in [3.8, 4) is 0 Å². The Hall–Kier alpha value is -1.15. The van der Waals surface area contributed by atoms with Crippen molar-refractivity contribution in [1.29, 1.82) is 0 Å². The second-order valence-corrected chi connectivity index (χ2v) is 3.77. The zero-order valence-corrected chi connectivity index (χ0v) is 9.87. The number of hydrogen-bond donors (Lipinski definition) is 1. The van der Waals surface area contributed by atoms with Crippen LogP contribution in [0.25, 0.3) is 0 Å². The maximum atomic E-state index is 11.8. The Bertz CT molecular complexity index is 341. The maximum absolute atomic E-state index is 11.8. The molecule has 0 aliphatic heterocycles. The molecule has 1 aromatic rings. The second-order valence-electron chi connectivity index (χ2n) is 3.77. The molecule has 1 rings (SSSR count). The van der Waals surface area contributed by atoms with Gasteiger partial charge in [-0.3, -0.25) is 0 Å². The van der Waals surface area contributed by atoms with Crippen molar-refractivity contribution in [2.45, 2.75) is 31.9 Å². The lowest BCUT2D eigenvalue weighted by atomic mass is 10.2. The highest BCUT2D eigenvalue weighted by Crippen LogP contribution is 2.14. The van der Waals surface area contributed by atoms with Crippen molar-refractivity contribution in [2.75, 3.05) is 19.8 Å². The zero-order valence-electron chi connectivity index (χ0n) is 9.87. The quantitative estimate of drug-likeness (QED) is 0.722. The van der Waals surface area contributed by atoms with Crippen LogP contribution in [0.5, 0.6) is 0 Å². The van der Waals surface area contributed by atoms with Crippen LogP contribution in [0.2, 0.25) is 0 Å². The van der Waals surface area contributed by atoms with Gasteiger partial charge in [0.2, 0.25) is 5.89 Å². The molecule has 0 saturated carbocycles. The molecule has 0 aromatic carbocycles. The SMILES string of the molecule is NCCCCc1nc(CCOCC(F)(F)F)no1. The van der Waals surface area contributed by atoms with Crippen LogP contribution in [-0.4, -0.2) is 36.1 Å². The minimum absolute atomic E-state index is 0.0821. The number of nitrogens with zero attached hydrogens (tertiary/aromatic N) is 2. The summed E-state index contributed by atoms with van der Waals surface area (Å²) < 4.78 is 44.7. The van der Waals surface area contributed by atoms with Crippen LogP contribution >= 0.6 is 0 Å². The normalized spacial score (nSPS) is 12.0. The van der Waals surface area contributed by atoms with Crippen LogP contribution in [-0.2, 0) is 17.6 Å². The number of nitrogens with two attached hydrogens (primary N) is 1. The lowest BCUT2D eigenvalue weighted by Gasteiger charge is -2.05. The summed E-state index contributed by atoms with van der Waals surface area (Å²) in [5.74, 6) is 0.842. The number of hydrogen-bond acceptors (Lipinski definition) is 5. The molecule has 0 radical (unpaired) electrons. The lowest BCUT2D eigenvalue weighted by molar-refractivity contribution is -0.173. The van der Waals surface area contributed by atoms with Gasteiger partial charge in [-0.1, -0.05) is 5.16 Å². The van der Waals surface area contributed by atoms with Crippen LogP contribution < -0.4 is 5.73 Å². The maximum Gasteiger partial charge on any atom is 0.411 e. The third kappa shape index (κ3) is 6.55. The molecule has 104 valence electrons. The summed E-state index contributed by atoms with van der Waals surface area (Å²) in [4.78, 5) is 4.04. The Labute approximate surface area is 102 Å². The average molecular weight is 267 g/mol. The Morgan fingerprint density at radius 3 is 2.67 bits per heavy atom. The molecule has 0 atom stereocenters. The molecule has 1 aromatic heterocycles. The molecule has 0 aliphatic rings. The minimum Gasteiger partial charge on any atom is -0.372 e. The summed E-state index contributed by atoms with van der Waals surface area (Å²) in [6.45, 7) is -0.734. The fraction of sp³-hybridized carbons (Fsp3) is 0.800. The van der Waals surface area contributed by atoms with Gasteiger partial charge in [-0.05, 0) is 19.4 Å². The summed E-state index contributed by atoms with van der Waals surface area (Å²) in [6.07, 6.45) is -1.75. The average Bonchev–Trinajstić information content (AvgIpc) is 2.72. The zero-order chi connectivity index (χ0) is 13.4. The molecule has 0 aliphatic carbocycles. The van der Waals surface area contributed by atoms with Gasteiger partial charge in [0.15, 0.2) is 5.82 Å². The minimum atomic E-state index is -4.30. The Balaban J connectivity index is 2.19. The van der Waals surface area contributed by atoms with E-state index in [1.165, 1.54) is 0 Å². The topological polar surface area (TPSA) is 74.2 Å². The second kappa shape index (κ2) is 7.32. The fourth-order valence-electron chi connectivity index (χ4n) is 1.27. The monoisotopic (exact) mass is 267 g/mol. The molecule has 0 amide bonds. The first-order valence-corrected chi connectivity index (χ1v) is 5.67. The lowest BCUT2D eigenvalue weighted by Crippen LogP contribution is -2.18. The van der Waals surface area contributed by atoms with E-state index in [4.69, 9.17) is 10.3 Å². The van der Waals surface area contributed by atoms with E-state index in [1.54, 1.807) is 0 Å². The van der Waals surface area contributed by atoms with E-state index < -0.39 is 12.8 Å². The first-order chi connectivity index (χ1) is 8.51. The molecular weight excluding hydrogens is 251 g/mol. The van der Waals surface area contributed by atoms with E-state index in [2.05, 4.69) is 14.9 Å². The molecule has 0 spiro atoms. The third-order valence-electron chi connectivity index (χ3n) is 2.09. The third-order valence-corrected chi connectivity index (χ3v) is 2.09. The van der Waals surface area contributed by atoms with Crippen molar-refractivity contribution in [2.24, 2.45) is 5.73 Å². The van der Waals surface area contributed by atoms with E-state index in [0.29, 0.717) is 24.7 Å². The number of alkyl halides is 3. The smallest absolute Gasteiger partial charge is 0.372 e. The first-order valence-electron chi connectivity index (χ1n) is 5.67. The molecule has 8 heteroatoms. The van der Waals surface area contributed by atoms with Gasteiger partial charge in [0, 0.05) is 12.8 Å². The largest absolute Gasteiger partial charge is 0.411 e. The van der Waals surface area contributed by atoms with Crippen molar-refractivity contribution >= 4 is 0 Å². The van der Waals surface area contributed by atoms with Crippen LogP contribution in [0, 0.1) is 0 Å². The Morgan fingerprint density at radius 2 is 2.00 bits per heavy atom. The highest BCUT2D eigenvalue weighted by atomic mass is 19.4. The number of aromatic nitrogens is 2. The van der Waals surface area contributed by atoms with Crippen LogP contribution in [0.3, 0.4) is 0 Å². The van der Waals surface area contributed by atoms with E-state index >= 15 is 0 Å². The fourth-order valence-corrected chi connectivity index (χ4v) is 1.27. The van der Waals surface area contributed by atoms with Gasteiger partial charge < -0.3 is 15.0 Å². The molecule has 0 bridgehead atoms. The standard InChI is InChI=1S/C10H16F3N3O2/c11-10(12,13)7-17-6-4-8-15-9(18-16-8)3-1-2-5-14/h1-7,14H2. The van der Waals surface area contributed by atoms with Crippen molar-refractivity contribution in [1.82, 2.24) is 10.1 Å². The number of rotatable bonds is 8. The molecule has 18 heavy (non-hydrogen) atoms. The molecule has 0 saturated heterocycles. The van der Waals surface area contributed by atoms with E-state index in [-0.39, 0.29) is 13.0 Å². The van der Waals surface area contributed by atoms with Crippen molar-refractivity contribution in [3.05, 3.63) is 11.7 Å². The number of halogens is 3. The van der Waals surface area contributed by atoms with Gasteiger partial charge in [-0.2, -0.15) is 18.2 Å². The molecule has 0 unspecified atom stereocenters. The number of unbranched alkanes of at least 4 members (excludes halogenated alkanes) is 1. The number of aryl methyl sites for hydroxylation is 1. The van der Waals surface area contributed by atoms with Gasteiger partial charge in [0.25, 0.3) is 0 Å². The van der Waals surface area contributed by atoms with Crippen LogP contribution in [0.1, 0.15) is 24.6 Å². The highest BCUT2D eigenvalue weighted by Gasteiger charge is 2.27. The Kier molecular flexibility index (Phi) is 6.06. The van der Waals surface area contributed by atoms with Crippen molar-refractivity contribution in [3.63, 3.8) is 0 Å². The van der Waals surface area contributed by atoms with Crippen LogP contribution in [0.15, 0.2) is 4.52 Å². The van der Waals surface area contributed by atoms with E-state index in [1.807, 2.05) is 0 Å². The molecule has 5 nitrogen and oxygen atoms in total. The van der Waals surface area contributed by atoms with Crippen molar-refractivity contribution < 1.29 is 22.4 Å². The van der Waals surface area contributed by atoms with E-state index in [9.17, 15) is 13.2 Å². The molecule has 2 N–H and O–H groups in total. The highest BCUT2D eigenvalue weighted by molar-refractivity contribution is 4.86. The summed E-state index contributed by atoms with van der Waals surface area (Å²) in [5, 5.41) is 3.65. The summed E-state index contributed by atoms with van der Waals surface area (Å²) in [6, 6.07) is 0. The van der Waals surface area contributed by atoms with Gasteiger partial charge in [-0.15, -0.1) is 0 Å². The summed E-state index contributed by atoms with van der Waals surface area (Å²) in [5.41, 5.74) is 5.34. The molecule has 0 fully saturated rings. The number of ether oxygens (including phenoxy) is 1.